The molecule has 0 amide bonds. The Hall–Kier alpha value is -0.330. The van der Waals surface area contributed by atoms with E-state index < -0.39 is 0 Å². The molecule has 1 heterocycles. The summed E-state index contributed by atoms with van der Waals surface area (Å²) in [7, 11) is 2.12. The Morgan fingerprint density at radius 2 is 2.00 bits per heavy atom. The van der Waals surface area contributed by atoms with E-state index in [1.807, 2.05) is 6.92 Å². The van der Waals surface area contributed by atoms with E-state index in [1.54, 1.807) is 11.8 Å². The molecule has 0 aliphatic carbocycles. The summed E-state index contributed by atoms with van der Waals surface area (Å²) in [6.45, 7) is 6.35. The van der Waals surface area contributed by atoms with E-state index >= 15 is 0 Å². The average molecular weight is 276 g/mol. The van der Waals surface area contributed by atoms with Crippen molar-refractivity contribution in [3.63, 3.8) is 0 Å². The molecule has 0 atom stereocenters. The fourth-order valence-corrected chi connectivity index (χ4v) is 2.78. The molecule has 1 aliphatic heterocycles. The van der Waals surface area contributed by atoms with Crippen LogP contribution in [0.25, 0.3) is 0 Å². The number of esters is 1. The SMILES string of the molecule is CCOC(=O)CCSC(=S)N1CCN(C)CC1. The van der Waals surface area contributed by atoms with Gasteiger partial charge in [-0.1, -0.05) is 24.0 Å². The fraction of sp³-hybridized carbons (Fsp3) is 0.818. The van der Waals surface area contributed by atoms with E-state index in [2.05, 4.69) is 16.8 Å². The smallest absolute Gasteiger partial charge is 0.306 e. The Bertz CT molecular complexity index is 266. The lowest BCUT2D eigenvalue weighted by Gasteiger charge is -2.33. The number of hydrogen-bond acceptors (Lipinski definition) is 5. The first-order valence-corrected chi connectivity index (χ1v) is 7.28. The van der Waals surface area contributed by atoms with Crippen LogP contribution in [-0.4, -0.2) is 65.7 Å². The van der Waals surface area contributed by atoms with Crippen molar-refractivity contribution < 1.29 is 9.53 Å². The summed E-state index contributed by atoms with van der Waals surface area (Å²) in [4.78, 5) is 15.7. The van der Waals surface area contributed by atoms with Crippen LogP contribution >= 0.6 is 24.0 Å². The van der Waals surface area contributed by atoms with Gasteiger partial charge in [0, 0.05) is 31.9 Å². The van der Waals surface area contributed by atoms with Crippen molar-refractivity contribution in [3.8, 4) is 0 Å². The lowest BCUT2D eigenvalue weighted by Crippen LogP contribution is -2.45. The second-order valence-electron chi connectivity index (χ2n) is 3.96. The molecule has 0 N–H and O–H groups in total. The maximum atomic E-state index is 11.1. The third-order valence-electron chi connectivity index (χ3n) is 2.60. The van der Waals surface area contributed by atoms with E-state index in [0.29, 0.717) is 18.8 Å². The number of carbonyl (C=O) groups is 1. The molecule has 98 valence electrons. The molecule has 1 saturated heterocycles. The predicted octanol–water partition coefficient (Wildman–Crippen LogP) is 1.21. The Kier molecular flexibility index (Phi) is 6.84. The number of rotatable bonds is 4. The summed E-state index contributed by atoms with van der Waals surface area (Å²) in [5.41, 5.74) is 0. The number of ether oxygens (including phenoxy) is 1. The monoisotopic (exact) mass is 276 g/mol. The highest BCUT2D eigenvalue weighted by molar-refractivity contribution is 8.22. The minimum Gasteiger partial charge on any atom is -0.466 e. The molecule has 0 spiro atoms. The molecule has 0 saturated carbocycles. The second-order valence-corrected chi connectivity index (χ2v) is 5.69. The van der Waals surface area contributed by atoms with Crippen LogP contribution in [0.5, 0.6) is 0 Å². The molecular formula is C11H20N2O2S2. The minimum atomic E-state index is -0.138. The number of thioether (sulfide) groups is 1. The van der Waals surface area contributed by atoms with Crippen LogP contribution in [0.2, 0.25) is 0 Å². The van der Waals surface area contributed by atoms with Crippen LogP contribution < -0.4 is 0 Å². The third-order valence-corrected chi connectivity index (χ3v) is 4.12. The zero-order valence-electron chi connectivity index (χ0n) is 10.5. The zero-order chi connectivity index (χ0) is 12.7. The summed E-state index contributed by atoms with van der Waals surface area (Å²) in [5, 5.41) is 0. The molecule has 4 nitrogen and oxygen atoms in total. The van der Waals surface area contributed by atoms with Crippen LogP contribution in [0.1, 0.15) is 13.3 Å². The van der Waals surface area contributed by atoms with Gasteiger partial charge in [0.1, 0.15) is 4.32 Å². The highest BCUT2D eigenvalue weighted by Gasteiger charge is 2.16. The fourth-order valence-electron chi connectivity index (χ4n) is 1.54. The van der Waals surface area contributed by atoms with Gasteiger partial charge in [-0.05, 0) is 14.0 Å². The lowest BCUT2D eigenvalue weighted by atomic mass is 10.4. The molecule has 0 aromatic heterocycles. The van der Waals surface area contributed by atoms with E-state index in [0.717, 1.165) is 30.5 Å². The van der Waals surface area contributed by atoms with Crippen molar-refractivity contribution in [2.24, 2.45) is 0 Å². The number of nitrogens with zero attached hydrogens (tertiary/aromatic N) is 2. The maximum Gasteiger partial charge on any atom is 0.306 e. The largest absolute Gasteiger partial charge is 0.466 e. The molecule has 0 aromatic rings. The van der Waals surface area contributed by atoms with E-state index in [9.17, 15) is 4.79 Å². The first-order valence-electron chi connectivity index (χ1n) is 5.89. The van der Waals surface area contributed by atoms with E-state index in [1.165, 1.54) is 0 Å². The van der Waals surface area contributed by atoms with Crippen LogP contribution in [0, 0.1) is 0 Å². The normalized spacial score (nSPS) is 16.9. The molecule has 0 unspecified atom stereocenters. The molecule has 1 fully saturated rings. The molecule has 0 radical (unpaired) electrons. The van der Waals surface area contributed by atoms with Gasteiger partial charge >= 0.3 is 5.97 Å². The van der Waals surface area contributed by atoms with Crippen molar-refractivity contribution in [2.45, 2.75) is 13.3 Å². The zero-order valence-corrected chi connectivity index (χ0v) is 12.1. The van der Waals surface area contributed by atoms with Gasteiger partial charge in [-0.25, -0.2) is 0 Å². The van der Waals surface area contributed by atoms with E-state index in [-0.39, 0.29) is 5.97 Å². The van der Waals surface area contributed by atoms with Gasteiger partial charge in [0.05, 0.1) is 13.0 Å². The summed E-state index contributed by atoms with van der Waals surface area (Å²) in [6, 6.07) is 0. The van der Waals surface area contributed by atoms with Crippen LogP contribution in [0.15, 0.2) is 0 Å². The Morgan fingerprint density at radius 3 is 2.59 bits per heavy atom. The molecule has 1 aliphatic rings. The Morgan fingerprint density at radius 1 is 1.35 bits per heavy atom. The molecule has 6 heteroatoms. The van der Waals surface area contributed by atoms with Crippen molar-refractivity contribution in [2.75, 3.05) is 45.6 Å². The second kappa shape index (κ2) is 7.89. The molecular weight excluding hydrogens is 256 g/mol. The van der Waals surface area contributed by atoms with Crippen LogP contribution in [0.3, 0.4) is 0 Å². The van der Waals surface area contributed by atoms with Crippen molar-refractivity contribution >= 4 is 34.3 Å². The topological polar surface area (TPSA) is 32.8 Å². The first-order chi connectivity index (χ1) is 8.13. The van der Waals surface area contributed by atoms with Gasteiger partial charge in [0.2, 0.25) is 0 Å². The summed E-state index contributed by atoms with van der Waals surface area (Å²) in [6.07, 6.45) is 0.437. The van der Waals surface area contributed by atoms with Gasteiger partial charge in [0.15, 0.2) is 0 Å². The van der Waals surface area contributed by atoms with Crippen molar-refractivity contribution in [1.82, 2.24) is 9.80 Å². The van der Waals surface area contributed by atoms with Crippen LogP contribution in [-0.2, 0) is 9.53 Å². The van der Waals surface area contributed by atoms with Gasteiger partial charge in [0.25, 0.3) is 0 Å². The highest BCUT2D eigenvalue weighted by atomic mass is 32.2. The number of likely N-dealkylation sites (N-methyl/N-ethyl adjacent to an activating group) is 1. The minimum absolute atomic E-state index is 0.138. The maximum absolute atomic E-state index is 11.1. The van der Waals surface area contributed by atoms with Crippen molar-refractivity contribution in [1.29, 1.82) is 0 Å². The molecule has 17 heavy (non-hydrogen) atoms. The molecule has 1 rings (SSSR count). The summed E-state index contributed by atoms with van der Waals surface area (Å²) in [5.74, 6) is 0.575. The number of carbonyl (C=O) groups excluding carboxylic acids is 1. The molecule has 0 bridgehead atoms. The Labute approximate surface area is 113 Å². The Balaban J connectivity index is 2.14. The van der Waals surface area contributed by atoms with Crippen LogP contribution in [0.4, 0.5) is 0 Å². The third kappa shape index (κ3) is 5.70. The van der Waals surface area contributed by atoms with E-state index in [4.69, 9.17) is 17.0 Å². The standard InChI is InChI=1S/C11H20N2O2S2/c1-3-15-10(14)4-9-17-11(16)13-7-5-12(2)6-8-13/h3-9H2,1-2H3. The first kappa shape index (κ1) is 14.7. The number of hydrogen-bond donors (Lipinski definition) is 0. The van der Waals surface area contributed by atoms with Crippen molar-refractivity contribution in [3.05, 3.63) is 0 Å². The van der Waals surface area contributed by atoms with Gasteiger partial charge < -0.3 is 14.5 Å². The predicted molar refractivity (Wildman–Crippen MR) is 75.4 cm³/mol. The number of thiocarbonyl (C=S) groups is 1. The van der Waals surface area contributed by atoms with Gasteiger partial charge in [-0.2, -0.15) is 0 Å². The summed E-state index contributed by atoms with van der Waals surface area (Å²) < 4.78 is 5.77. The average Bonchev–Trinajstić information content (AvgIpc) is 2.30. The van der Waals surface area contributed by atoms with Gasteiger partial charge in [-0.3, -0.25) is 4.79 Å². The summed E-state index contributed by atoms with van der Waals surface area (Å²) >= 11 is 6.92. The lowest BCUT2D eigenvalue weighted by molar-refractivity contribution is -0.142. The quantitative estimate of drug-likeness (QED) is 0.567. The van der Waals surface area contributed by atoms with Gasteiger partial charge in [-0.15, -0.1) is 0 Å². The highest BCUT2D eigenvalue weighted by Crippen LogP contribution is 2.13. The number of piperazine rings is 1. The molecule has 0 aromatic carbocycles.